The first-order chi connectivity index (χ1) is 10.1. The largest absolute Gasteiger partial charge is 0.348 e. The van der Waals surface area contributed by atoms with Crippen LogP contribution in [-0.2, 0) is 13.1 Å². The maximum absolute atomic E-state index is 12.2. The molecule has 21 heavy (non-hydrogen) atoms. The first kappa shape index (κ1) is 13.9. The van der Waals surface area contributed by atoms with Crippen molar-refractivity contribution in [1.29, 1.82) is 0 Å². The van der Waals surface area contributed by atoms with Gasteiger partial charge in [0.05, 0.1) is 0 Å². The number of carbonyl (C=O) groups excluding carboxylic acids is 1. The fourth-order valence-electron chi connectivity index (χ4n) is 2.16. The minimum absolute atomic E-state index is 0.105. The van der Waals surface area contributed by atoms with Crippen LogP contribution in [-0.4, -0.2) is 21.2 Å². The number of fused-ring (bicyclic) bond motifs is 1. The number of nitrogens with one attached hydrogen (secondary N) is 1. The van der Waals surface area contributed by atoms with Gasteiger partial charge in [-0.3, -0.25) is 14.2 Å². The van der Waals surface area contributed by atoms with Crippen LogP contribution in [0.15, 0.2) is 40.4 Å². The molecule has 6 heteroatoms. The molecule has 2 aromatic rings. The Balaban J connectivity index is 1.74. The van der Waals surface area contributed by atoms with E-state index in [4.69, 9.17) is 0 Å². The number of rotatable bonds is 3. The van der Waals surface area contributed by atoms with Gasteiger partial charge in [-0.05, 0) is 12.5 Å². The summed E-state index contributed by atoms with van der Waals surface area (Å²) in [5.41, 5.74) is 2.02. The van der Waals surface area contributed by atoms with Gasteiger partial charge in [-0.15, -0.1) is 0 Å². The Morgan fingerprint density at radius 2 is 2.14 bits per heavy atom. The zero-order valence-corrected chi connectivity index (χ0v) is 12.4. The standard InChI is InChI=1S/C15H15N3O2S/c1-10-2-4-11(5-3-10)8-16-13(19)12-9-17-15-18(14(12)20)6-7-21-15/h2-5,9H,6-8H2,1H3,(H,16,19). The highest BCUT2D eigenvalue weighted by Crippen LogP contribution is 2.20. The fourth-order valence-corrected chi connectivity index (χ4v) is 3.07. The molecule has 1 aliphatic rings. The molecule has 1 amide bonds. The monoisotopic (exact) mass is 301 g/mol. The summed E-state index contributed by atoms with van der Waals surface area (Å²) in [6.07, 6.45) is 1.37. The van der Waals surface area contributed by atoms with E-state index in [1.807, 2.05) is 31.2 Å². The molecular weight excluding hydrogens is 286 g/mol. The molecule has 0 unspecified atom stereocenters. The van der Waals surface area contributed by atoms with Crippen molar-refractivity contribution >= 4 is 17.7 Å². The summed E-state index contributed by atoms with van der Waals surface area (Å²) in [5, 5.41) is 3.46. The summed E-state index contributed by atoms with van der Waals surface area (Å²) in [7, 11) is 0. The third-order valence-corrected chi connectivity index (χ3v) is 4.35. The number of benzene rings is 1. The van der Waals surface area contributed by atoms with E-state index in [1.165, 1.54) is 23.5 Å². The number of nitrogens with zero attached hydrogens (tertiary/aromatic N) is 2. The highest BCUT2D eigenvalue weighted by atomic mass is 32.2. The Hall–Kier alpha value is -2.08. The van der Waals surface area contributed by atoms with Gasteiger partial charge in [-0.2, -0.15) is 0 Å². The van der Waals surface area contributed by atoms with Gasteiger partial charge in [0, 0.05) is 25.0 Å². The predicted molar refractivity (Wildman–Crippen MR) is 81.6 cm³/mol. The van der Waals surface area contributed by atoms with Crippen molar-refractivity contribution in [1.82, 2.24) is 14.9 Å². The summed E-state index contributed by atoms with van der Waals surface area (Å²) in [5.74, 6) is 0.455. The molecule has 0 spiro atoms. The molecule has 1 aliphatic heterocycles. The maximum Gasteiger partial charge on any atom is 0.267 e. The molecule has 0 fully saturated rings. The third-order valence-electron chi connectivity index (χ3n) is 3.37. The second-order valence-electron chi connectivity index (χ2n) is 4.93. The number of aromatic nitrogens is 2. The summed E-state index contributed by atoms with van der Waals surface area (Å²) >= 11 is 1.53. The van der Waals surface area contributed by atoms with E-state index in [0.717, 1.165) is 11.3 Å². The minimum Gasteiger partial charge on any atom is -0.348 e. The molecule has 0 bridgehead atoms. The Morgan fingerprint density at radius 1 is 1.38 bits per heavy atom. The van der Waals surface area contributed by atoms with Gasteiger partial charge in [0.15, 0.2) is 5.16 Å². The van der Waals surface area contributed by atoms with Gasteiger partial charge < -0.3 is 5.32 Å². The van der Waals surface area contributed by atoms with Crippen molar-refractivity contribution in [3.8, 4) is 0 Å². The van der Waals surface area contributed by atoms with E-state index in [-0.39, 0.29) is 17.0 Å². The van der Waals surface area contributed by atoms with E-state index in [9.17, 15) is 9.59 Å². The van der Waals surface area contributed by atoms with Crippen LogP contribution in [0.25, 0.3) is 0 Å². The molecule has 0 atom stereocenters. The molecule has 0 saturated carbocycles. The fraction of sp³-hybridized carbons (Fsp3) is 0.267. The lowest BCUT2D eigenvalue weighted by Gasteiger charge is -2.07. The van der Waals surface area contributed by atoms with Gasteiger partial charge in [-0.25, -0.2) is 4.98 Å². The van der Waals surface area contributed by atoms with Crippen molar-refractivity contribution in [2.75, 3.05) is 5.75 Å². The van der Waals surface area contributed by atoms with E-state index >= 15 is 0 Å². The normalized spacial score (nSPS) is 13.0. The summed E-state index contributed by atoms with van der Waals surface area (Å²) in [6, 6.07) is 7.90. The Bertz CT molecular complexity index is 738. The van der Waals surface area contributed by atoms with Crippen molar-refractivity contribution in [3.63, 3.8) is 0 Å². The van der Waals surface area contributed by atoms with Gasteiger partial charge in [-0.1, -0.05) is 41.6 Å². The SMILES string of the molecule is Cc1ccc(CNC(=O)c2cnc3n(c2=O)CCS3)cc1. The van der Waals surface area contributed by atoms with Crippen LogP contribution in [0, 0.1) is 6.92 Å². The first-order valence-electron chi connectivity index (χ1n) is 6.71. The van der Waals surface area contributed by atoms with Crippen molar-refractivity contribution in [2.24, 2.45) is 0 Å². The lowest BCUT2D eigenvalue weighted by atomic mass is 10.1. The zero-order chi connectivity index (χ0) is 14.8. The van der Waals surface area contributed by atoms with Crippen molar-refractivity contribution in [2.45, 2.75) is 25.2 Å². The smallest absolute Gasteiger partial charge is 0.267 e. The van der Waals surface area contributed by atoms with Crippen LogP contribution in [0.2, 0.25) is 0 Å². The second-order valence-corrected chi connectivity index (χ2v) is 5.99. The highest BCUT2D eigenvalue weighted by Gasteiger charge is 2.19. The number of thioether (sulfide) groups is 1. The molecule has 0 aliphatic carbocycles. The molecule has 108 valence electrons. The number of hydrogen-bond donors (Lipinski definition) is 1. The number of carbonyl (C=O) groups is 1. The van der Waals surface area contributed by atoms with Crippen LogP contribution in [0.4, 0.5) is 0 Å². The molecule has 5 nitrogen and oxygen atoms in total. The first-order valence-corrected chi connectivity index (χ1v) is 7.70. The Kier molecular flexibility index (Phi) is 3.79. The quantitative estimate of drug-likeness (QED) is 0.874. The van der Waals surface area contributed by atoms with E-state index < -0.39 is 0 Å². The lowest BCUT2D eigenvalue weighted by molar-refractivity contribution is 0.0948. The minimum atomic E-state index is -0.375. The van der Waals surface area contributed by atoms with E-state index in [1.54, 1.807) is 4.57 Å². The predicted octanol–water partition coefficient (Wildman–Crippen LogP) is 1.59. The molecule has 2 heterocycles. The molecule has 1 aromatic carbocycles. The third kappa shape index (κ3) is 2.85. The topological polar surface area (TPSA) is 64.0 Å². The van der Waals surface area contributed by atoms with Gasteiger partial charge in [0.1, 0.15) is 5.56 Å². The molecule has 0 saturated heterocycles. The van der Waals surface area contributed by atoms with E-state index in [2.05, 4.69) is 10.3 Å². The number of amides is 1. The second kappa shape index (κ2) is 5.73. The number of hydrogen-bond acceptors (Lipinski definition) is 4. The average Bonchev–Trinajstić information content (AvgIpc) is 2.96. The number of aryl methyl sites for hydroxylation is 1. The average molecular weight is 301 g/mol. The Labute approximate surface area is 126 Å². The summed E-state index contributed by atoms with van der Waals surface area (Å²) < 4.78 is 1.56. The van der Waals surface area contributed by atoms with Crippen LogP contribution in [0.3, 0.4) is 0 Å². The van der Waals surface area contributed by atoms with Crippen LogP contribution in [0.5, 0.6) is 0 Å². The lowest BCUT2D eigenvalue weighted by Crippen LogP contribution is -2.33. The van der Waals surface area contributed by atoms with Gasteiger partial charge in [0.2, 0.25) is 0 Å². The van der Waals surface area contributed by atoms with E-state index in [0.29, 0.717) is 18.2 Å². The van der Waals surface area contributed by atoms with Crippen molar-refractivity contribution < 1.29 is 4.79 Å². The molecule has 3 rings (SSSR count). The van der Waals surface area contributed by atoms with Crippen LogP contribution in [0.1, 0.15) is 21.5 Å². The highest BCUT2D eigenvalue weighted by molar-refractivity contribution is 7.99. The maximum atomic E-state index is 12.2. The Morgan fingerprint density at radius 3 is 2.90 bits per heavy atom. The van der Waals surface area contributed by atoms with Crippen LogP contribution < -0.4 is 10.9 Å². The van der Waals surface area contributed by atoms with Crippen LogP contribution >= 0.6 is 11.8 Å². The molecule has 1 aromatic heterocycles. The van der Waals surface area contributed by atoms with Gasteiger partial charge >= 0.3 is 0 Å². The molecule has 1 N–H and O–H groups in total. The summed E-state index contributed by atoms with van der Waals surface area (Å²) in [6.45, 7) is 3.03. The summed E-state index contributed by atoms with van der Waals surface area (Å²) in [4.78, 5) is 28.5. The zero-order valence-electron chi connectivity index (χ0n) is 11.6. The van der Waals surface area contributed by atoms with Crippen molar-refractivity contribution in [3.05, 3.63) is 57.5 Å². The molecule has 0 radical (unpaired) electrons. The molecular formula is C15H15N3O2S. The van der Waals surface area contributed by atoms with Gasteiger partial charge in [0.25, 0.3) is 11.5 Å².